The van der Waals surface area contributed by atoms with Crippen LogP contribution >= 0.6 is 11.6 Å². The summed E-state index contributed by atoms with van der Waals surface area (Å²) in [5, 5.41) is 14.2. The number of hydrogen-bond acceptors (Lipinski definition) is 5. The highest BCUT2D eigenvalue weighted by atomic mass is 35.5. The van der Waals surface area contributed by atoms with Crippen molar-refractivity contribution in [3.63, 3.8) is 0 Å². The standard InChI is InChI=1S/C23H28ClN3O2S/c24-19-4-2-16(3-5-19)17-6-11-27(12-7-17)20-14-18-8-13-30(29)21(18)22(25-20)26-23(15-28)9-1-10-23/h2-5,14,17,28H,1,6-13,15H2,(H,25,26). The maximum absolute atomic E-state index is 12.6. The Kier molecular flexibility index (Phi) is 5.50. The number of aliphatic hydroxyl groups is 1. The lowest BCUT2D eigenvalue weighted by molar-refractivity contribution is 0.143. The van der Waals surface area contributed by atoms with Crippen molar-refractivity contribution in [3.05, 3.63) is 46.5 Å². The summed E-state index contributed by atoms with van der Waals surface area (Å²) < 4.78 is 12.6. The van der Waals surface area contributed by atoms with Crippen LogP contribution in [0.4, 0.5) is 11.6 Å². The number of aliphatic hydroxyl groups excluding tert-OH is 1. The largest absolute Gasteiger partial charge is 0.394 e. The van der Waals surface area contributed by atoms with Gasteiger partial charge in [-0.05, 0) is 73.8 Å². The molecule has 30 heavy (non-hydrogen) atoms. The zero-order chi connectivity index (χ0) is 20.7. The number of halogens is 1. The zero-order valence-corrected chi connectivity index (χ0v) is 18.6. The molecule has 1 atom stereocenters. The Morgan fingerprint density at radius 3 is 2.60 bits per heavy atom. The molecule has 0 spiro atoms. The summed E-state index contributed by atoms with van der Waals surface area (Å²) in [5.74, 6) is 2.91. The fraction of sp³-hybridized carbons (Fsp3) is 0.522. The summed E-state index contributed by atoms with van der Waals surface area (Å²) in [5.41, 5.74) is 2.20. The molecule has 2 aliphatic heterocycles. The summed E-state index contributed by atoms with van der Waals surface area (Å²) in [4.78, 5) is 8.14. The number of pyridine rings is 1. The van der Waals surface area contributed by atoms with Gasteiger partial charge in [-0.25, -0.2) is 4.98 Å². The van der Waals surface area contributed by atoms with Crippen LogP contribution in [0, 0.1) is 0 Å². The van der Waals surface area contributed by atoms with Crippen molar-refractivity contribution >= 4 is 34.0 Å². The third-order valence-electron chi connectivity index (χ3n) is 6.98. The van der Waals surface area contributed by atoms with Gasteiger partial charge in [-0.1, -0.05) is 23.7 Å². The second-order valence-corrected chi connectivity index (χ2v) is 10.8. The molecule has 2 N–H and O–H groups in total. The molecule has 1 saturated carbocycles. The average Bonchev–Trinajstić information content (AvgIpc) is 3.12. The average molecular weight is 446 g/mol. The molecule has 5 nitrogen and oxygen atoms in total. The van der Waals surface area contributed by atoms with Crippen LogP contribution in [-0.4, -0.2) is 45.3 Å². The number of benzene rings is 1. The van der Waals surface area contributed by atoms with Gasteiger partial charge >= 0.3 is 0 Å². The third kappa shape index (κ3) is 3.74. The van der Waals surface area contributed by atoms with E-state index in [1.807, 2.05) is 12.1 Å². The summed E-state index contributed by atoms with van der Waals surface area (Å²) >= 11 is 6.04. The molecule has 5 rings (SSSR count). The second kappa shape index (κ2) is 8.13. The van der Waals surface area contributed by atoms with Gasteiger partial charge in [0.2, 0.25) is 0 Å². The van der Waals surface area contributed by atoms with Gasteiger partial charge in [0.1, 0.15) is 11.6 Å². The van der Waals surface area contributed by atoms with E-state index in [0.717, 1.165) is 78.7 Å². The number of aryl methyl sites for hydroxylation is 1. The molecule has 1 aliphatic carbocycles. The number of hydrogen-bond donors (Lipinski definition) is 2. The molecule has 0 amide bonds. The van der Waals surface area contributed by atoms with Crippen LogP contribution in [0.3, 0.4) is 0 Å². The fourth-order valence-electron chi connectivity index (χ4n) is 4.92. The Balaban J connectivity index is 1.37. The molecule has 2 aromatic rings. The first kappa shape index (κ1) is 20.3. The van der Waals surface area contributed by atoms with Crippen LogP contribution in [-0.2, 0) is 17.2 Å². The number of fused-ring (bicyclic) bond motifs is 1. The maximum Gasteiger partial charge on any atom is 0.145 e. The van der Waals surface area contributed by atoms with Crippen molar-refractivity contribution in [2.24, 2.45) is 0 Å². The van der Waals surface area contributed by atoms with Gasteiger partial charge in [-0.15, -0.1) is 0 Å². The van der Waals surface area contributed by atoms with Crippen LogP contribution in [0.2, 0.25) is 5.02 Å². The van der Waals surface area contributed by atoms with Crippen molar-refractivity contribution in [3.8, 4) is 0 Å². The molecule has 1 saturated heterocycles. The molecule has 3 aliphatic rings. The van der Waals surface area contributed by atoms with Gasteiger partial charge < -0.3 is 15.3 Å². The highest BCUT2D eigenvalue weighted by Gasteiger charge is 2.38. The van der Waals surface area contributed by atoms with Crippen LogP contribution in [0.25, 0.3) is 0 Å². The fourth-order valence-corrected chi connectivity index (χ4v) is 6.42. The quantitative estimate of drug-likeness (QED) is 0.725. The van der Waals surface area contributed by atoms with Crippen LogP contribution in [0.1, 0.15) is 49.1 Å². The van der Waals surface area contributed by atoms with E-state index in [4.69, 9.17) is 16.6 Å². The number of anilines is 2. The molecule has 1 unspecified atom stereocenters. The van der Waals surface area contributed by atoms with Gasteiger partial charge in [0, 0.05) is 23.9 Å². The Hall–Kier alpha value is -1.63. The topological polar surface area (TPSA) is 65.5 Å². The van der Waals surface area contributed by atoms with Crippen molar-refractivity contribution in [2.75, 3.05) is 35.7 Å². The Labute approximate surface area is 185 Å². The molecule has 2 fully saturated rings. The Morgan fingerprint density at radius 1 is 1.23 bits per heavy atom. The minimum absolute atomic E-state index is 0.0901. The van der Waals surface area contributed by atoms with Gasteiger partial charge in [-0.2, -0.15) is 0 Å². The van der Waals surface area contributed by atoms with Crippen LogP contribution in [0.15, 0.2) is 35.2 Å². The lowest BCUT2D eigenvalue weighted by Crippen LogP contribution is -2.48. The SMILES string of the molecule is O=S1CCc2cc(N3CCC(c4ccc(Cl)cc4)CC3)nc(NC3(CO)CCC3)c21. The molecular weight excluding hydrogens is 418 g/mol. The monoisotopic (exact) mass is 445 g/mol. The highest BCUT2D eigenvalue weighted by Crippen LogP contribution is 2.40. The van der Waals surface area contributed by atoms with Gasteiger partial charge in [0.05, 0.1) is 27.8 Å². The smallest absolute Gasteiger partial charge is 0.145 e. The summed E-state index contributed by atoms with van der Waals surface area (Å²) in [6.07, 6.45) is 5.97. The van der Waals surface area contributed by atoms with E-state index < -0.39 is 10.8 Å². The molecule has 160 valence electrons. The molecular formula is C23H28ClN3O2S. The number of piperidine rings is 1. The van der Waals surface area contributed by atoms with Crippen LogP contribution in [0.5, 0.6) is 0 Å². The predicted octanol–water partition coefficient (Wildman–Crippen LogP) is 4.11. The van der Waals surface area contributed by atoms with Crippen molar-refractivity contribution in [1.82, 2.24) is 4.98 Å². The molecule has 3 heterocycles. The van der Waals surface area contributed by atoms with E-state index in [9.17, 15) is 9.32 Å². The van der Waals surface area contributed by atoms with Gasteiger partial charge in [0.25, 0.3) is 0 Å². The Bertz CT molecular complexity index is 948. The lowest BCUT2D eigenvalue weighted by atomic mass is 9.77. The molecule has 7 heteroatoms. The van der Waals surface area contributed by atoms with E-state index in [2.05, 4.69) is 28.4 Å². The van der Waals surface area contributed by atoms with E-state index in [-0.39, 0.29) is 12.1 Å². The number of aromatic nitrogens is 1. The maximum atomic E-state index is 12.6. The zero-order valence-electron chi connectivity index (χ0n) is 17.1. The van der Waals surface area contributed by atoms with Crippen molar-refractivity contribution in [1.29, 1.82) is 0 Å². The first-order valence-electron chi connectivity index (χ1n) is 10.9. The van der Waals surface area contributed by atoms with Crippen LogP contribution < -0.4 is 10.2 Å². The van der Waals surface area contributed by atoms with Gasteiger partial charge in [0.15, 0.2) is 0 Å². The number of nitrogens with one attached hydrogen (secondary N) is 1. The summed E-state index contributed by atoms with van der Waals surface area (Å²) in [6.45, 7) is 1.99. The summed E-state index contributed by atoms with van der Waals surface area (Å²) in [6, 6.07) is 10.4. The molecule has 0 radical (unpaired) electrons. The second-order valence-electron chi connectivity index (χ2n) is 8.85. The van der Waals surface area contributed by atoms with E-state index in [1.54, 1.807) is 0 Å². The number of rotatable bonds is 5. The van der Waals surface area contributed by atoms with Crippen molar-refractivity contribution < 1.29 is 9.32 Å². The predicted molar refractivity (Wildman–Crippen MR) is 122 cm³/mol. The van der Waals surface area contributed by atoms with E-state index in [1.165, 1.54) is 5.56 Å². The third-order valence-corrected chi connectivity index (χ3v) is 8.72. The normalized spacial score (nSPS) is 23.1. The molecule has 0 bridgehead atoms. The molecule has 1 aromatic heterocycles. The Morgan fingerprint density at radius 2 is 1.97 bits per heavy atom. The highest BCUT2D eigenvalue weighted by molar-refractivity contribution is 7.85. The first-order chi connectivity index (χ1) is 14.6. The molecule has 1 aromatic carbocycles. The van der Waals surface area contributed by atoms with E-state index in [0.29, 0.717) is 11.7 Å². The first-order valence-corrected chi connectivity index (χ1v) is 12.6. The summed E-state index contributed by atoms with van der Waals surface area (Å²) in [7, 11) is -1.01. The van der Waals surface area contributed by atoms with Gasteiger partial charge in [-0.3, -0.25) is 4.21 Å². The minimum atomic E-state index is -1.01. The van der Waals surface area contributed by atoms with Crippen molar-refractivity contribution in [2.45, 2.75) is 54.9 Å². The minimum Gasteiger partial charge on any atom is -0.394 e. The lowest BCUT2D eigenvalue weighted by Gasteiger charge is -2.42. The number of nitrogens with zero attached hydrogens (tertiary/aromatic N) is 2. The van der Waals surface area contributed by atoms with E-state index >= 15 is 0 Å².